The normalized spacial score (nSPS) is 11.0. The Bertz CT molecular complexity index is 1210. The van der Waals surface area contributed by atoms with Crippen LogP contribution in [0.15, 0.2) is 72.8 Å². The molecule has 262 valence electrons. The molecule has 0 aliphatic rings. The molecule has 0 saturated carbocycles. The predicted molar refractivity (Wildman–Crippen MR) is 199 cm³/mol. The van der Waals surface area contributed by atoms with E-state index in [9.17, 15) is 9.59 Å². The summed E-state index contributed by atoms with van der Waals surface area (Å²) in [6.07, 6.45) is 25.3. The molecule has 0 aromatic heterocycles. The van der Waals surface area contributed by atoms with Crippen LogP contribution in [0.4, 0.5) is 0 Å². The van der Waals surface area contributed by atoms with E-state index in [2.05, 4.69) is 26.0 Å². The van der Waals surface area contributed by atoms with Crippen LogP contribution in [0.1, 0.15) is 172 Å². The highest BCUT2D eigenvalue weighted by atomic mass is 16.5. The number of carbonyl (C=O) groups excluding carboxylic acids is 2. The Morgan fingerprint density at radius 1 is 0.396 bits per heavy atom. The third-order valence-corrected chi connectivity index (χ3v) is 9.42. The van der Waals surface area contributed by atoms with Gasteiger partial charge in [-0.1, -0.05) is 177 Å². The standard InChI is InChI=1S/C44H62O4/c1-3-5-7-9-11-13-15-17-19-27-37-29-21-23-31-39(37)35-47-43(45)41-33-25-26-34-42(41)44(46)48-36-40-32-24-22-30-38(40)28-20-18-16-14-12-10-8-6-4-2/h21-26,29-34H,3-20,27-28,35-36H2,1-2H3. The van der Waals surface area contributed by atoms with Gasteiger partial charge in [0.25, 0.3) is 0 Å². The van der Waals surface area contributed by atoms with Crippen LogP contribution in [-0.2, 0) is 35.5 Å². The number of aryl methyl sites for hydroxylation is 2. The van der Waals surface area contributed by atoms with Gasteiger partial charge >= 0.3 is 11.9 Å². The number of esters is 2. The lowest BCUT2D eigenvalue weighted by atomic mass is 10.0. The summed E-state index contributed by atoms with van der Waals surface area (Å²) in [5.74, 6) is -1.02. The van der Waals surface area contributed by atoms with Crippen molar-refractivity contribution in [2.75, 3.05) is 0 Å². The second-order valence-corrected chi connectivity index (χ2v) is 13.4. The Balaban J connectivity index is 1.45. The molecule has 0 bridgehead atoms. The van der Waals surface area contributed by atoms with Crippen LogP contribution in [0.25, 0.3) is 0 Å². The van der Waals surface area contributed by atoms with E-state index in [1.807, 2.05) is 36.4 Å². The van der Waals surface area contributed by atoms with Crippen molar-refractivity contribution in [2.45, 2.75) is 155 Å². The van der Waals surface area contributed by atoms with E-state index in [4.69, 9.17) is 9.47 Å². The molecule has 48 heavy (non-hydrogen) atoms. The predicted octanol–water partition coefficient (Wildman–Crippen LogP) is 12.5. The average Bonchev–Trinajstić information content (AvgIpc) is 3.12. The van der Waals surface area contributed by atoms with E-state index >= 15 is 0 Å². The number of unbranched alkanes of at least 4 members (excludes halogenated alkanes) is 16. The summed E-state index contributed by atoms with van der Waals surface area (Å²) >= 11 is 0. The summed E-state index contributed by atoms with van der Waals surface area (Å²) in [4.78, 5) is 26.5. The van der Waals surface area contributed by atoms with Gasteiger partial charge < -0.3 is 9.47 Å². The number of carbonyl (C=O) groups is 2. The molecule has 3 rings (SSSR count). The molecule has 0 amide bonds. The van der Waals surface area contributed by atoms with E-state index in [-0.39, 0.29) is 24.3 Å². The van der Waals surface area contributed by atoms with Gasteiger partial charge in [-0.3, -0.25) is 0 Å². The fourth-order valence-electron chi connectivity index (χ4n) is 6.42. The molecule has 0 radical (unpaired) electrons. The number of ether oxygens (including phenoxy) is 2. The lowest BCUT2D eigenvalue weighted by Gasteiger charge is -2.13. The highest BCUT2D eigenvalue weighted by Gasteiger charge is 2.20. The zero-order valence-corrected chi connectivity index (χ0v) is 30.1. The highest BCUT2D eigenvalue weighted by Crippen LogP contribution is 2.20. The molecule has 4 heteroatoms. The minimum atomic E-state index is -0.508. The Morgan fingerprint density at radius 3 is 1.04 bits per heavy atom. The van der Waals surface area contributed by atoms with Crippen LogP contribution in [0.5, 0.6) is 0 Å². The van der Waals surface area contributed by atoms with Crippen LogP contribution in [0.3, 0.4) is 0 Å². The molecule has 0 spiro atoms. The molecular formula is C44H62O4. The fraction of sp³-hybridized carbons (Fsp3) is 0.545. The maximum atomic E-state index is 13.2. The van der Waals surface area contributed by atoms with Gasteiger partial charge in [0.15, 0.2) is 0 Å². The molecule has 3 aromatic carbocycles. The minimum Gasteiger partial charge on any atom is -0.457 e. The second-order valence-electron chi connectivity index (χ2n) is 13.4. The molecule has 0 aliphatic heterocycles. The van der Waals surface area contributed by atoms with E-state index in [1.165, 1.54) is 114 Å². The molecular weight excluding hydrogens is 592 g/mol. The third-order valence-electron chi connectivity index (χ3n) is 9.42. The van der Waals surface area contributed by atoms with Crippen molar-refractivity contribution < 1.29 is 19.1 Å². The van der Waals surface area contributed by atoms with E-state index < -0.39 is 11.9 Å². The molecule has 0 N–H and O–H groups in total. The van der Waals surface area contributed by atoms with Gasteiger partial charge in [-0.25, -0.2) is 9.59 Å². The van der Waals surface area contributed by atoms with Crippen molar-refractivity contribution in [1.82, 2.24) is 0 Å². The first-order valence-corrected chi connectivity index (χ1v) is 19.2. The van der Waals surface area contributed by atoms with Crippen molar-refractivity contribution in [3.63, 3.8) is 0 Å². The van der Waals surface area contributed by atoms with Crippen LogP contribution in [0, 0.1) is 0 Å². The average molecular weight is 655 g/mol. The molecule has 0 aliphatic carbocycles. The summed E-state index contributed by atoms with van der Waals surface area (Å²) < 4.78 is 11.5. The summed E-state index contributed by atoms with van der Waals surface area (Å²) in [5, 5.41) is 0. The van der Waals surface area contributed by atoms with Gasteiger partial charge in [0.1, 0.15) is 13.2 Å². The minimum absolute atomic E-state index is 0.183. The maximum Gasteiger partial charge on any atom is 0.339 e. The Labute approximate surface area is 292 Å². The second kappa shape index (κ2) is 24.7. The van der Waals surface area contributed by atoms with Gasteiger partial charge in [0.05, 0.1) is 11.1 Å². The first kappa shape index (κ1) is 39.0. The van der Waals surface area contributed by atoms with Gasteiger partial charge in [-0.15, -0.1) is 0 Å². The largest absolute Gasteiger partial charge is 0.457 e. The lowest BCUT2D eigenvalue weighted by Crippen LogP contribution is -2.14. The van der Waals surface area contributed by atoms with Crippen LogP contribution in [0.2, 0.25) is 0 Å². The van der Waals surface area contributed by atoms with Gasteiger partial charge in [-0.2, -0.15) is 0 Å². The molecule has 4 nitrogen and oxygen atoms in total. The van der Waals surface area contributed by atoms with Gasteiger partial charge in [0, 0.05) is 0 Å². The van der Waals surface area contributed by atoms with Crippen LogP contribution >= 0.6 is 0 Å². The fourth-order valence-corrected chi connectivity index (χ4v) is 6.42. The number of hydrogen-bond acceptors (Lipinski definition) is 4. The monoisotopic (exact) mass is 654 g/mol. The molecule has 0 unspecified atom stereocenters. The lowest BCUT2D eigenvalue weighted by molar-refractivity contribution is 0.0424. The van der Waals surface area contributed by atoms with Crippen molar-refractivity contribution in [2.24, 2.45) is 0 Å². The number of rotatable bonds is 26. The van der Waals surface area contributed by atoms with Crippen molar-refractivity contribution in [3.8, 4) is 0 Å². The molecule has 0 fully saturated rings. The molecule has 0 heterocycles. The summed E-state index contributed by atoms with van der Waals surface area (Å²) in [6.45, 7) is 4.88. The molecule has 0 saturated heterocycles. The van der Waals surface area contributed by atoms with Crippen LogP contribution in [-0.4, -0.2) is 11.9 Å². The van der Waals surface area contributed by atoms with Crippen molar-refractivity contribution in [3.05, 3.63) is 106 Å². The first-order chi connectivity index (χ1) is 23.6. The molecule has 3 aromatic rings. The van der Waals surface area contributed by atoms with Gasteiger partial charge in [0.2, 0.25) is 0 Å². The van der Waals surface area contributed by atoms with E-state index in [0.29, 0.717) is 0 Å². The summed E-state index contributed by atoms with van der Waals surface area (Å²) in [7, 11) is 0. The zero-order valence-electron chi connectivity index (χ0n) is 30.1. The SMILES string of the molecule is CCCCCCCCCCCc1ccccc1COC(=O)c1ccccc1C(=O)OCc1ccccc1CCCCCCCCCCC. The van der Waals surface area contributed by atoms with Crippen molar-refractivity contribution in [1.29, 1.82) is 0 Å². The maximum absolute atomic E-state index is 13.2. The number of hydrogen-bond donors (Lipinski definition) is 0. The smallest absolute Gasteiger partial charge is 0.339 e. The Hall–Kier alpha value is -3.40. The Kier molecular flexibility index (Phi) is 20.1. The van der Waals surface area contributed by atoms with E-state index in [0.717, 1.165) is 36.8 Å². The summed E-state index contributed by atoms with van der Waals surface area (Å²) in [5.41, 5.74) is 4.97. The van der Waals surface area contributed by atoms with Crippen molar-refractivity contribution >= 4 is 11.9 Å². The van der Waals surface area contributed by atoms with Gasteiger partial charge in [-0.05, 0) is 60.1 Å². The quantitative estimate of drug-likeness (QED) is 0.0638. The zero-order chi connectivity index (χ0) is 34.1. The van der Waals surface area contributed by atoms with E-state index in [1.54, 1.807) is 24.3 Å². The topological polar surface area (TPSA) is 52.6 Å². The molecule has 0 atom stereocenters. The summed E-state index contributed by atoms with van der Waals surface area (Å²) in [6, 6.07) is 23.2. The number of benzene rings is 3. The third kappa shape index (κ3) is 15.2. The Morgan fingerprint density at radius 2 is 0.688 bits per heavy atom. The first-order valence-electron chi connectivity index (χ1n) is 19.2. The van der Waals surface area contributed by atoms with Crippen LogP contribution < -0.4 is 0 Å². The highest BCUT2D eigenvalue weighted by molar-refractivity contribution is 6.03.